The maximum Gasteiger partial charge on any atom is 0.336 e. The van der Waals surface area contributed by atoms with Crippen molar-refractivity contribution in [2.45, 2.75) is 73.6 Å². The summed E-state index contributed by atoms with van der Waals surface area (Å²) in [6.07, 6.45) is 15.2. The van der Waals surface area contributed by atoms with Gasteiger partial charge in [0, 0.05) is 37.6 Å². The normalized spacial score (nSPS) is 20.8. The van der Waals surface area contributed by atoms with E-state index in [0.29, 0.717) is 11.8 Å². The third kappa shape index (κ3) is 8.07. The van der Waals surface area contributed by atoms with Crippen molar-refractivity contribution in [3.05, 3.63) is 110 Å². The van der Waals surface area contributed by atoms with Crippen molar-refractivity contribution >= 4 is 53.7 Å². The average Bonchev–Trinajstić information content (AvgIpc) is 3.14. The summed E-state index contributed by atoms with van der Waals surface area (Å²) in [6.45, 7) is 16.4. The van der Waals surface area contributed by atoms with E-state index in [9.17, 15) is 19.8 Å². The number of anilines is 2. The summed E-state index contributed by atoms with van der Waals surface area (Å²) in [7, 11) is 0. The van der Waals surface area contributed by atoms with Crippen LogP contribution in [-0.2, 0) is 9.59 Å². The maximum atomic E-state index is 13.1. The Kier molecular flexibility index (Phi) is 11.8. The Hall–Kier alpha value is -4.84. The molecule has 4 aliphatic rings. The summed E-state index contributed by atoms with van der Waals surface area (Å²) in [6, 6.07) is 19.2. The first-order valence-electron chi connectivity index (χ1n) is 19.7. The molecule has 0 aromatic heterocycles. The van der Waals surface area contributed by atoms with Crippen molar-refractivity contribution in [1.29, 1.82) is 0 Å². The van der Waals surface area contributed by atoms with Gasteiger partial charge in [0.2, 0.25) is 0 Å². The highest BCUT2D eigenvalue weighted by Gasteiger charge is 2.47. The van der Waals surface area contributed by atoms with E-state index in [1.807, 2.05) is 13.8 Å². The van der Waals surface area contributed by atoms with Gasteiger partial charge in [-0.1, -0.05) is 48.6 Å². The lowest BCUT2D eigenvalue weighted by molar-refractivity contribution is -0.136. The van der Waals surface area contributed by atoms with Crippen LogP contribution in [0.3, 0.4) is 0 Å². The number of nitrogens with zero attached hydrogens (tertiary/aromatic N) is 2. The van der Waals surface area contributed by atoms with E-state index in [4.69, 9.17) is 0 Å². The second-order valence-corrected chi connectivity index (χ2v) is 15.2. The molecule has 4 fully saturated rings. The first-order chi connectivity index (χ1) is 25.5. The van der Waals surface area contributed by atoms with Gasteiger partial charge in [-0.2, -0.15) is 0 Å². The van der Waals surface area contributed by atoms with Crippen LogP contribution < -0.4 is 9.80 Å². The van der Waals surface area contributed by atoms with E-state index < -0.39 is 11.9 Å². The summed E-state index contributed by atoms with van der Waals surface area (Å²) < 4.78 is 0. The second kappa shape index (κ2) is 16.4. The molecular weight excluding hydrogens is 657 g/mol. The van der Waals surface area contributed by atoms with Crippen molar-refractivity contribution in [3.63, 3.8) is 0 Å². The topological polar surface area (TPSA) is 81.1 Å². The Labute approximate surface area is 316 Å². The van der Waals surface area contributed by atoms with Gasteiger partial charge >= 0.3 is 11.9 Å². The van der Waals surface area contributed by atoms with Crippen LogP contribution in [0.25, 0.3) is 30.4 Å². The summed E-state index contributed by atoms with van der Waals surface area (Å²) >= 11 is 0. The van der Waals surface area contributed by atoms with Crippen LogP contribution in [0, 0.1) is 37.5 Å². The molecule has 6 nitrogen and oxygen atoms in total. The summed E-state index contributed by atoms with van der Waals surface area (Å²) in [4.78, 5) is 30.9. The number of carboxylic acid groups (broad SMARTS) is 2. The van der Waals surface area contributed by atoms with Gasteiger partial charge < -0.3 is 20.0 Å². The monoisotopic (exact) mass is 712 g/mol. The molecule has 0 heterocycles. The number of hydrogen-bond donors (Lipinski definition) is 2. The van der Waals surface area contributed by atoms with Gasteiger partial charge in [-0.25, -0.2) is 9.59 Å². The largest absolute Gasteiger partial charge is 0.478 e. The number of allylic oxidation sites excluding steroid dienone is 1. The Bertz CT molecular complexity index is 1820. The summed E-state index contributed by atoms with van der Waals surface area (Å²) in [5, 5.41) is 21.4. The van der Waals surface area contributed by atoms with Crippen molar-refractivity contribution in [2.24, 2.45) is 23.7 Å². The minimum atomic E-state index is -1.19. The Morgan fingerprint density at radius 1 is 0.623 bits per heavy atom. The van der Waals surface area contributed by atoms with Gasteiger partial charge in [-0.15, -0.1) is 0 Å². The lowest BCUT2D eigenvalue weighted by Crippen LogP contribution is -2.41. The molecule has 0 unspecified atom stereocenters. The van der Waals surface area contributed by atoms with Crippen molar-refractivity contribution in [2.75, 3.05) is 36.0 Å². The molecule has 0 amide bonds. The van der Waals surface area contributed by atoms with E-state index >= 15 is 0 Å². The molecule has 4 bridgehead atoms. The van der Waals surface area contributed by atoms with Crippen LogP contribution in [0.2, 0.25) is 0 Å². The zero-order valence-corrected chi connectivity index (χ0v) is 32.4. The molecule has 0 saturated heterocycles. The quantitative estimate of drug-likeness (QED) is 0.128. The number of hydrogen-bond acceptors (Lipinski definition) is 4. The van der Waals surface area contributed by atoms with Crippen molar-refractivity contribution in [1.82, 2.24) is 0 Å². The first-order valence-corrected chi connectivity index (χ1v) is 19.7. The van der Waals surface area contributed by atoms with E-state index in [1.54, 1.807) is 6.08 Å². The first kappa shape index (κ1) is 37.9. The zero-order valence-electron chi connectivity index (χ0n) is 32.4. The predicted octanol–water partition coefficient (Wildman–Crippen LogP) is 10.6. The molecule has 0 spiro atoms. The van der Waals surface area contributed by atoms with E-state index in [2.05, 4.69) is 116 Å². The van der Waals surface area contributed by atoms with Crippen LogP contribution in [-0.4, -0.2) is 48.3 Å². The molecule has 0 aliphatic heterocycles. The van der Waals surface area contributed by atoms with Gasteiger partial charge in [0.15, 0.2) is 0 Å². The van der Waals surface area contributed by atoms with Gasteiger partial charge in [0.25, 0.3) is 0 Å². The molecule has 278 valence electrons. The van der Waals surface area contributed by atoms with Gasteiger partial charge in [-0.3, -0.25) is 0 Å². The highest BCUT2D eigenvalue weighted by molar-refractivity contribution is 6.09. The number of carbonyl (C=O) groups is 2. The molecule has 6 heteroatoms. The van der Waals surface area contributed by atoms with Gasteiger partial charge in [-0.05, 0) is 178 Å². The Morgan fingerprint density at radius 3 is 1.40 bits per heavy atom. The molecule has 3 aromatic carbocycles. The van der Waals surface area contributed by atoms with Crippen molar-refractivity contribution < 1.29 is 19.8 Å². The minimum absolute atomic E-state index is 0.0183. The molecule has 53 heavy (non-hydrogen) atoms. The number of benzene rings is 3. The molecular formula is C47H56N2O4. The molecule has 4 saturated carbocycles. The highest BCUT2D eigenvalue weighted by Crippen LogP contribution is 2.57. The highest BCUT2D eigenvalue weighted by atomic mass is 16.4. The number of carboxylic acids is 2. The number of rotatable bonds is 14. The second-order valence-electron chi connectivity index (χ2n) is 15.2. The molecule has 7 rings (SSSR count). The van der Waals surface area contributed by atoms with Crippen LogP contribution >= 0.6 is 0 Å². The smallest absolute Gasteiger partial charge is 0.336 e. The van der Waals surface area contributed by atoms with E-state index in [-0.39, 0.29) is 23.0 Å². The third-order valence-corrected chi connectivity index (χ3v) is 12.2. The lowest BCUT2D eigenvalue weighted by Gasteiger charge is -2.52. The standard InChI is InChI=1S/C47H56N2O4/c1-7-48(8-2)40-19-13-32(14-20-40)11-17-36-28-37(18-12-33-15-21-41(22-16-33)49(9-3)10-4)31(6)42(30(36)5)29-43(46(50)51)45(47(52)53)44-38-24-34-23-35(26-38)27-39(44)25-34/h11-22,28-29,34-35,38-39H,7-10,23-27H2,1-6H3,(H,50,51)(H,52,53)/b17-11+,18-12+,43-29+,45-44?. The average molecular weight is 713 g/mol. The lowest BCUT2D eigenvalue weighted by atomic mass is 9.53. The van der Waals surface area contributed by atoms with Crippen LogP contribution in [0.15, 0.2) is 71.3 Å². The molecule has 0 atom stereocenters. The molecule has 3 aromatic rings. The fourth-order valence-corrected chi connectivity index (χ4v) is 9.56. The van der Waals surface area contributed by atoms with Crippen LogP contribution in [0.5, 0.6) is 0 Å². The SMILES string of the molecule is CCN(CC)c1ccc(/C=C/c2cc(/C=C/c3ccc(N(CC)CC)cc3)c(C)c(/C=C(/C(=O)O)C(C(=O)O)=C3C4CC5CC(C4)CC3C5)c2C)cc1. The third-order valence-electron chi connectivity index (χ3n) is 12.2. The van der Waals surface area contributed by atoms with E-state index in [0.717, 1.165) is 96.4 Å². The fraction of sp³-hybridized carbons (Fsp3) is 0.404. The summed E-state index contributed by atoms with van der Waals surface area (Å²) in [5.41, 5.74) is 9.78. The molecule has 0 radical (unpaired) electrons. The van der Waals surface area contributed by atoms with Crippen LogP contribution in [0.4, 0.5) is 11.4 Å². The summed E-state index contributed by atoms with van der Waals surface area (Å²) in [5.74, 6) is -0.723. The van der Waals surface area contributed by atoms with Gasteiger partial charge in [0.1, 0.15) is 0 Å². The Balaban J connectivity index is 1.45. The zero-order chi connectivity index (χ0) is 37.8. The van der Waals surface area contributed by atoms with E-state index in [1.165, 1.54) is 17.8 Å². The maximum absolute atomic E-state index is 13.1. The Morgan fingerprint density at radius 2 is 1.04 bits per heavy atom. The molecule has 4 aliphatic carbocycles. The van der Waals surface area contributed by atoms with Crippen LogP contribution in [0.1, 0.15) is 98.7 Å². The molecule has 2 N–H and O–H groups in total. The van der Waals surface area contributed by atoms with Gasteiger partial charge in [0.05, 0.1) is 11.1 Å². The minimum Gasteiger partial charge on any atom is -0.478 e. The fourth-order valence-electron chi connectivity index (χ4n) is 9.56. The predicted molar refractivity (Wildman–Crippen MR) is 221 cm³/mol. The van der Waals surface area contributed by atoms with Crippen molar-refractivity contribution in [3.8, 4) is 0 Å². The number of aliphatic carboxylic acids is 2.